The van der Waals surface area contributed by atoms with Gasteiger partial charge < -0.3 is 5.11 Å². The highest BCUT2D eigenvalue weighted by Gasteiger charge is 2.14. The molecule has 0 heterocycles. The second kappa shape index (κ2) is 8.54. The Hall–Kier alpha value is -0.755. The highest BCUT2D eigenvalue weighted by Crippen LogP contribution is 2.17. The monoisotopic (exact) mass is 206 g/mol. The number of aliphatic hydroxyl groups is 1. The molecule has 0 bridgehead atoms. The van der Waals surface area contributed by atoms with E-state index in [2.05, 4.69) is 0 Å². The highest BCUT2D eigenvalue weighted by atomic mass is 16.3. The molecule has 0 saturated heterocycles. The van der Waals surface area contributed by atoms with Crippen LogP contribution in [0.3, 0.4) is 0 Å². The van der Waals surface area contributed by atoms with Gasteiger partial charge in [0.25, 0.3) is 0 Å². The molecule has 1 N–H and O–H groups in total. The molecule has 1 rings (SSSR count). The SMILES string of the molecule is CC.CC.[B]c1ccc(C(C)(C)O)cc1. The van der Waals surface area contributed by atoms with Crippen LogP contribution >= 0.6 is 0 Å². The molecule has 84 valence electrons. The summed E-state index contributed by atoms with van der Waals surface area (Å²) in [6.07, 6.45) is 0. The molecule has 1 nitrogen and oxygen atoms in total. The molecule has 0 fully saturated rings. The zero-order valence-electron chi connectivity index (χ0n) is 10.8. The Morgan fingerprint density at radius 3 is 1.53 bits per heavy atom. The van der Waals surface area contributed by atoms with E-state index in [1.807, 2.05) is 39.8 Å². The summed E-state index contributed by atoms with van der Waals surface area (Å²) >= 11 is 0. The molecule has 2 heteroatoms. The van der Waals surface area contributed by atoms with Crippen molar-refractivity contribution in [1.82, 2.24) is 0 Å². The predicted octanol–water partition coefficient (Wildman–Crippen LogP) is 2.76. The van der Waals surface area contributed by atoms with Crippen molar-refractivity contribution in [3.05, 3.63) is 29.8 Å². The fraction of sp³-hybridized carbons (Fsp3) is 0.538. The Morgan fingerprint density at radius 2 is 1.27 bits per heavy atom. The standard InChI is InChI=1S/C9H11BO.2C2H6/c1-9(2,11)7-3-5-8(10)6-4-7;2*1-2/h3-6,11H,1-2H3;2*1-2H3. The van der Waals surface area contributed by atoms with Crippen molar-refractivity contribution in [2.24, 2.45) is 0 Å². The lowest BCUT2D eigenvalue weighted by molar-refractivity contribution is 0.0786. The van der Waals surface area contributed by atoms with Crippen LogP contribution in [0.4, 0.5) is 0 Å². The Kier molecular flexibility index (Phi) is 9.49. The van der Waals surface area contributed by atoms with Gasteiger partial charge in [0.15, 0.2) is 0 Å². The van der Waals surface area contributed by atoms with Crippen LogP contribution in [0.2, 0.25) is 0 Å². The first-order valence-corrected chi connectivity index (χ1v) is 5.58. The van der Waals surface area contributed by atoms with Crippen molar-refractivity contribution in [1.29, 1.82) is 0 Å². The minimum absolute atomic E-state index is 0.720. The van der Waals surface area contributed by atoms with E-state index in [-0.39, 0.29) is 0 Å². The smallest absolute Gasteiger partial charge is 0.113 e. The Balaban J connectivity index is 0. The number of rotatable bonds is 1. The Labute approximate surface area is 95.9 Å². The lowest BCUT2D eigenvalue weighted by atomic mass is 9.91. The van der Waals surface area contributed by atoms with Crippen molar-refractivity contribution in [2.75, 3.05) is 0 Å². The van der Waals surface area contributed by atoms with Crippen LogP contribution < -0.4 is 5.46 Å². The van der Waals surface area contributed by atoms with Gasteiger partial charge in [-0.2, -0.15) is 0 Å². The maximum atomic E-state index is 9.54. The molecule has 0 aliphatic rings. The topological polar surface area (TPSA) is 20.2 Å². The van der Waals surface area contributed by atoms with Crippen molar-refractivity contribution in [2.45, 2.75) is 47.1 Å². The van der Waals surface area contributed by atoms with Crippen molar-refractivity contribution < 1.29 is 5.11 Å². The molecule has 0 atom stereocenters. The minimum Gasteiger partial charge on any atom is -0.386 e. The minimum atomic E-state index is -0.770. The molecule has 0 aromatic heterocycles. The fourth-order valence-corrected chi connectivity index (χ4v) is 0.891. The van der Waals surface area contributed by atoms with Crippen LogP contribution in [-0.2, 0) is 5.60 Å². The first-order valence-electron chi connectivity index (χ1n) is 5.58. The molecule has 1 aromatic carbocycles. The number of hydrogen-bond acceptors (Lipinski definition) is 1. The van der Waals surface area contributed by atoms with E-state index < -0.39 is 5.60 Å². The van der Waals surface area contributed by atoms with Crippen LogP contribution in [0, 0.1) is 0 Å². The average molecular weight is 206 g/mol. The number of benzene rings is 1. The summed E-state index contributed by atoms with van der Waals surface area (Å²) in [6, 6.07) is 7.23. The molecular formula is C13H23BO. The van der Waals surface area contributed by atoms with Gasteiger partial charge in [-0.05, 0) is 19.4 Å². The van der Waals surface area contributed by atoms with E-state index in [0.717, 1.165) is 11.0 Å². The summed E-state index contributed by atoms with van der Waals surface area (Å²) in [4.78, 5) is 0. The quantitative estimate of drug-likeness (QED) is 0.700. The summed E-state index contributed by atoms with van der Waals surface area (Å²) in [6.45, 7) is 11.5. The van der Waals surface area contributed by atoms with E-state index in [9.17, 15) is 5.11 Å². The first-order chi connectivity index (χ1) is 7.00. The summed E-state index contributed by atoms with van der Waals surface area (Å²) in [5.41, 5.74) is 0.831. The molecule has 0 amide bonds. The molecule has 0 unspecified atom stereocenters. The fourth-order valence-electron chi connectivity index (χ4n) is 0.891. The van der Waals surface area contributed by atoms with E-state index in [4.69, 9.17) is 7.85 Å². The largest absolute Gasteiger partial charge is 0.386 e. The molecular weight excluding hydrogens is 183 g/mol. The molecule has 15 heavy (non-hydrogen) atoms. The van der Waals surface area contributed by atoms with E-state index >= 15 is 0 Å². The lowest BCUT2D eigenvalue weighted by Gasteiger charge is -2.17. The van der Waals surface area contributed by atoms with Crippen LogP contribution in [0.25, 0.3) is 0 Å². The summed E-state index contributed by atoms with van der Waals surface area (Å²) in [5.74, 6) is 0. The second-order valence-electron chi connectivity index (χ2n) is 3.18. The van der Waals surface area contributed by atoms with Gasteiger partial charge in [-0.25, -0.2) is 0 Å². The van der Waals surface area contributed by atoms with Crippen LogP contribution in [0.5, 0.6) is 0 Å². The zero-order valence-corrected chi connectivity index (χ0v) is 10.8. The molecule has 0 aliphatic carbocycles. The van der Waals surface area contributed by atoms with Gasteiger partial charge in [0.1, 0.15) is 7.85 Å². The molecule has 0 saturated carbocycles. The van der Waals surface area contributed by atoms with Crippen LogP contribution in [-0.4, -0.2) is 13.0 Å². The van der Waals surface area contributed by atoms with Crippen molar-refractivity contribution in [3.8, 4) is 0 Å². The van der Waals surface area contributed by atoms with Crippen molar-refractivity contribution in [3.63, 3.8) is 0 Å². The van der Waals surface area contributed by atoms with Gasteiger partial charge in [0.05, 0.1) is 5.60 Å². The zero-order chi connectivity index (χ0) is 12.5. The summed E-state index contributed by atoms with van der Waals surface area (Å²) in [7, 11) is 5.49. The highest BCUT2D eigenvalue weighted by molar-refractivity contribution is 6.32. The third-order valence-electron chi connectivity index (χ3n) is 1.62. The summed E-state index contributed by atoms with van der Waals surface area (Å²) < 4.78 is 0. The lowest BCUT2D eigenvalue weighted by Crippen LogP contribution is -2.16. The van der Waals surface area contributed by atoms with Gasteiger partial charge >= 0.3 is 0 Å². The van der Waals surface area contributed by atoms with Gasteiger partial charge in [-0.1, -0.05) is 57.4 Å². The van der Waals surface area contributed by atoms with Gasteiger partial charge in [0.2, 0.25) is 0 Å². The van der Waals surface area contributed by atoms with Crippen molar-refractivity contribution >= 4 is 13.3 Å². The van der Waals surface area contributed by atoms with Gasteiger partial charge in [-0.15, -0.1) is 0 Å². The van der Waals surface area contributed by atoms with Crippen LogP contribution in [0.1, 0.15) is 47.1 Å². The third-order valence-corrected chi connectivity index (χ3v) is 1.62. The number of hydrogen-bond donors (Lipinski definition) is 1. The van der Waals surface area contributed by atoms with E-state index in [1.165, 1.54) is 0 Å². The van der Waals surface area contributed by atoms with Crippen LogP contribution in [0.15, 0.2) is 24.3 Å². The van der Waals surface area contributed by atoms with Gasteiger partial charge in [-0.3, -0.25) is 0 Å². The molecule has 1 aromatic rings. The van der Waals surface area contributed by atoms with E-state index in [1.54, 1.807) is 26.0 Å². The Bertz CT molecular complexity index is 234. The summed E-state index contributed by atoms with van der Waals surface area (Å²) in [5, 5.41) is 9.54. The Morgan fingerprint density at radius 1 is 0.933 bits per heavy atom. The molecule has 0 spiro atoms. The average Bonchev–Trinajstić information content (AvgIpc) is 2.23. The van der Waals surface area contributed by atoms with Gasteiger partial charge in [0, 0.05) is 0 Å². The third kappa shape index (κ3) is 7.21. The normalized spacial score (nSPS) is 9.27. The van der Waals surface area contributed by atoms with E-state index in [0.29, 0.717) is 0 Å². The first kappa shape index (κ1) is 16.7. The maximum absolute atomic E-state index is 9.54. The molecule has 2 radical (unpaired) electrons. The second-order valence-corrected chi connectivity index (χ2v) is 3.18. The maximum Gasteiger partial charge on any atom is 0.113 e. The predicted molar refractivity (Wildman–Crippen MR) is 69.8 cm³/mol. The molecule has 0 aliphatic heterocycles.